The second kappa shape index (κ2) is 98.8. The van der Waals surface area contributed by atoms with Gasteiger partial charge in [0.1, 0.15) is 0 Å². The first kappa shape index (κ1) is 26.4. The fourth-order valence-electron chi connectivity index (χ4n) is 0. The van der Waals surface area contributed by atoms with E-state index in [4.69, 9.17) is 10.2 Å². The molecule has 3 N–H and O–H groups in total. The Kier molecular flexibility index (Phi) is 372. The largest absolute Gasteiger partial charge is 0.344 e. The van der Waals surface area contributed by atoms with E-state index < -0.39 is 0 Å². The van der Waals surface area contributed by atoms with Gasteiger partial charge in [-0.25, -0.2) is 0 Å². The maximum atomic E-state index is 7.88. The Labute approximate surface area is 71.6 Å². The van der Waals surface area contributed by atoms with Gasteiger partial charge in [0, 0.05) is 37.7 Å². The van der Waals surface area contributed by atoms with Crippen LogP contribution in [0.15, 0.2) is 13.2 Å². The van der Waals surface area contributed by atoms with E-state index in [9.17, 15) is 0 Å². The van der Waals surface area contributed by atoms with Crippen molar-refractivity contribution >= 4 is 0 Å². The summed E-state index contributed by atoms with van der Waals surface area (Å²) in [5, 5.41) is 7.88. The topological polar surface area (TPSA) is 86.4 Å². The molecule has 0 unspecified atom stereocenters. The molecule has 0 spiro atoms. The molecule has 0 saturated carbocycles. The summed E-state index contributed by atoms with van der Waals surface area (Å²) in [5.74, 6) is 0. The van der Waals surface area contributed by atoms with E-state index in [-0.39, 0.29) is 43.9 Å². The third-order valence-corrected chi connectivity index (χ3v) is 0. The molecule has 0 aromatic carbocycles. The van der Waals surface area contributed by atoms with Gasteiger partial charge in [0.2, 0.25) is 0 Å². The molecular weight excluding hydrogens is 126 g/mol. The molecule has 0 atom stereocenters. The van der Waals surface area contributed by atoms with Crippen LogP contribution in [-0.4, -0.2) is 0 Å². The molecule has 0 aliphatic carbocycles. The first-order chi connectivity index (χ1) is 2.41. The van der Waals surface area contributed by atoms with Gasteiger partial charge in [-0.15, -0.1) is 13.2 Å². The molecule has 0 heterocycles. The van der Waals surface area contributed by atoms with Crippen molar-refractivity contribution in [1.29, 1.82) is 0 Å². The van der Waals surface area contributed by atoms with E-state index in [0.717, 1.165) is 0 Å². The minimum absolute atomic E-state index is 0. The molecule has 0 aromatic rings. The summed E-state index contributed by atoms with van der Waals surface area (Å²) in [5.41, 5.74) is 0. The monoisotopic (exact) mass is 133 g/mol. The van der Waals surface area contributed by atoms with Crippen LogP contribution in [0.25, 0.3) is 0 Å². The van der Waals surface area contributed by atoms with Crippen molar-refractivity contribution in [3.8, 4) is 0 Å². The summed E-state index contributed by atoms with van der Waals surface area (Å²) in [7, 11) is 0. The smallest absolute Gasteiger partial charge is 0.154 e. The Balaban J connectivity index is -0.0000000105. The predicted octanol–water partition coefficient (Wildman–Crippen LogP) is -0.158. The van der Waals surface area contributed by atoms with Crippen molar-refractivity contribution in [2.45, 2.75) is 0 Å². The molecule has 4 nitrogen and oxygen atoms in total. The van der Waals surface area contributed by atoms with Crippen LogP contribution in [0.4, 0.5) is 0 Å². The van der Waals surface area contributed by atoms with Crippen LogP contribution < -0.4 is 11.4 Å². The van der Waals surface area contributed by atoms with Crippen LogP contribution in [0.2, 0.25) is 0 Å². The number of hydrogen-bond donors (Lipinski definition) is 1. The zero-order valence-corrected chi connectivity index (χ0v) is 4.41. The Bertz CT molecular complexity index is 26.9. The average molecular weight is 133 g/mol. The molecule has 7 heavy (non-hydrogen) atoms. The summed E-state index contributed by atoms with van der Waals surface area (Å²) >= 11 is 0. The van der Waals surface area contributed by atoms with Crippen LogP contribution >= 0.6 is 0 Å². The minimum atomic E-state index is 0. The van der Waals surface area contributed by atoms with E-state index in [0.29, 0.717) is 0 Å². The van der Waals surface area contributed by atoms with E-state index in [1.807, 2.05) is 0 Å². The van der Waals surface area contributed by atoms with Crippen LogP contribution in [0.1, 0.15) is 0 Å². The van der Waals surface area contributed by atoms with Gasteiger partial charge in [0.15, 0.2) is 4.75 Å². The van der Waals surface area contributed by atoms with E-state index in [2.05, 4.69) is 13.2 Å². The Morgan fingerprint density at radius 2 is 1.43 bits per heavy atom. The van der Waals surface area contributed by atoms with Crippen molar-refractivity contribution in [2.75, 3.05) is 0 Å². The molecule has 0 aromatic heterocycles. The third-order valence-electron chi connectivity index (χ3n) is 0. The molecule has 0 amide bonds. The second-order valence-electron chi connectivity index (χ2n) is 0.0680. The quantitative estimate of drug-likeness (QED) is 0.215. The van der Waals surface area contributed by atoms with Gasteiger partial charge in [0.25, 0.3) is 0 Å². The normalized spacial score (nSPS) is 2.29. The molecule has 5 heteroatoms. The van der Waals surface area contributed by atoms with Gasteiger partial charge >= 0.3 is 0 Å². The van der Waals surface area contributed by atoms with Crippen molar-refractivity contribution in [2.24, 2.45) is 0 Å². The summed E-state index contributed by atoms with van der Waals surface area (Å²) in [6.07, 6.45) is 0. The number of rotatable bonds is 0. The second-order valence-corrected chi connectivity index (χ2v) is 0.0680. The minimum Gasteiger partial charge on any atom is -0.344 e. The van der Waals surface area contributed by atoms with Crippen LogP contribution in [0.5, 0.6) is 0 Å². The van der Waals surface area contributed by atoms with Crippen molar-refractivity contribution in [3.63, 3.8) is 0 Å². The Morgan fingerprint density at radius 1 is 1.43 bits per heavy atom. The molecule has 0 aliphatic rings. The van der Waals surface area contributed by atoms with E-state index >= 15 is 0 Å². The predicted molar refractivity (Wildman–Crippen MR) is 23.0 cm³/mol. The van der Waals surface area contributed by atoms with Crippen molar-refractivity contribution in [3.05, 3.63) is 22.9 Å². The fraction of sp³-hybridized carbons (Fsp3) is 0. The van der Waals surface area contributed by atoms with Crippen molar-refractivity contribution in [1.82, 2.24) is 6.15 Å². The molecule has 0 bridgehead atoms. The Hall–Kier alpha value is 0.360. The molecule has 0 rings (SSSR count). The molecule has 0 radical (unpaired) electrons. The molecule has 46 valence electrons. The van der Waals surface area contributed by atoms with Crippen molar-refractivity contribution < 1.29 is 43.0 Å². The average Bonchev–Trinajstić information content (AvgIpc) is 1.46. The molecule has 0 saturated heterocycles. The fourth-order valence-corrected chi connectivity index (χ4v) is 0. The summed E-state index contributed by atoms with van der Waals surface area (Å²) in [6.45, 7) is 6.00. The first-order valence-electron chi connectivity index (χ1n) is 0.833. The maximum absolute atomic E-state index is 7.88. The summed E-state index contributed by atoms with van der Waals surface area (Å²) < 4.78 is 1.75. The van der Waals surface area contributed by atoms with Gasteiger partial charge in [-0.1, -0.05) is 10.2 Å². The van der Waals surface area contributed by atoms with Crippen LogP contribution in [0.3, 0.4) is 0 Å². The number of hydrogen-bond acceptors (Lipinski definition) is 3. The van der Waals surface area contributed by atoms with Gasteiger partial charge in [-0.3, -0.25) is 0 Å². The standard InChI is InChI=1S/C2H4.Ar.H3N.O3/c1-2;;;1-3-2/h1-2H2;;1H3;. The van der Waals surface area contributed by atoms with Gasteiger partial charge in [0.05, 0.1) is 0 Å². The Morgan fingerprint density at radius 3 is 1.43 bits per heavy atom. The zero-order chi connectivity index (χ0) is 4.71. The molecular formula is C2H7ArNO3. The van der Waals surface area contributed by atoms with Gasteiger partial charge in [-0.05, 0) is 0 Å². The first-order valence-corrected chi connectivity index (χ1v) is 0.833. The molecule has 0 aliphatic heterocycles. The summed E-state index contributed by atoms with van der Waals surface area (Å²) in [6, 6.07) is 0. The SMILES string of the molecule is C=C.N.O=[O+][O-].[Ar]. The van der Waals surface area contributed by atoms with Gasteiger partial charge < -0.3 is 6.15 Å². The third kappa shape index (κ3) is 934. The summed E-state index contributed by atoms with van der Waals surface area (Å²) in [4.78, 5) is 7.88. The zero-order valence-electron chi connectivity index (χ0n) is 3.70. The van der Waals surface area contributed by atoms with E-state index in [1.165, 1.54) is 0 Å². The van der Waals surface area contributed by atoms with Crippen LogP contribution in [-0.2, 0) is 0 Å². The van der Waals surface area contributed by atoms with Gasteiger partial charge in [-0.2, -0.15) is 0 Å². The van der Waals surface area contributed by atoms with Crippen LogP contribution in [0, 0.1) is 47.4 Å². The van der Waals surface area contributed by atoms with E-state index in [1.54, 1.807) is 4.75 Å². The maximum Gasteiger partial charge on any atom is 0.154 e. The molecule has 0 fully saturated rings.